The lowest BCUT2D eigenvalue weighted by Crippen LogP contribution is -2.33. The second-order valence-corrected chi connectivity index (χ2v) is 6.87. The number of piperidine rings is 1. The third kappa shape index (κ3) is 3.78. The van der Waals surface area contributed by atoms with E-state index in [4.69, 9.17) is 8.94 Å². The first-order chi connectivity index (χ1) is 13.1. The zero-order valence-electron chi connectivity index (χ0n) is 15.1. The molecule has 1 aliphatic rings. The van der Waals surface area contributed by atoms with Gasteiger partial charge in [0.25, 0.3) is 0 Å². The third-order valence-corrected chi connectivity index (χ3v) is 4.86. The SMILES string of the molecule is Cc1noc([C@@H]2CCCN(Cc3ccc(-c4ccccc4C(=O)O)o3)C2)n1. The fraction of sp³-hybridized carbons (Fsp3) is 0.350. The number of aromatic carboxylic acids is 1. The lowest BCUT2D eigenvalue weighted by Gasteiger charge is -2.30. The van der Waals surface area contributed by atoms with Gasteiger partial charge >= 0.3 is 5.97 Å². The highest BCUT2D eigenvalue weighted by Gasteiger charge is 2.26. The van der Waals surface area contributed by atoms with E-state index in [9.17, 15) is 9.90 Å². The summed E-state index contributed by atoms with van der Waals surface area (Å²) in [4.78, 5) is 18.1. The van der Waals surface area contributed by atoms with Crippen molar-refractivity contribution in [3.63, 3.8) is 0 Å². The molecule has 27 heavy (non-hydrogen) atoms. The van der Waals surface area contributed by atoms with E-state index in [0.29, 0.717) is 29.6 Å². The molecule has 0 radical (unpaired) electrons. The van der Waals surface area contributed by atoms with Crippen molar-refractivity contribution in [1.82, 2.24) is 15.0 Å². The normalized spacial score (nSPS) is 17.9. The van der Waals surface area contributed by atoms with E-state index in [2.05, 4.69) is 15.0 Å². The number of likely N-dealkylation sites (tertiary alicyclic amines) is 1. The average Bonchev–Trinajstić information content (AvgIpc) is 3.31. The monoisotopic (exact) mass is 367 g/mol. The highest BCUT2D eigenvalue weighted by atomic mass is 16.5. The topological polar surface area (TPSA) is 92.6 Å². The van der Waals surface area contributed by atoms with Gasteiger partial charge in [0.2, 0.25) is 5.89 Å². The maximum atomic E-state index is 11.4. The number of aromatic nitrogens is 2. The van der Waals surface area contributed by atoms with Crippen LogP contribution in [0.3, 0.4) is 0 Å². The standard InChI is InChI=1S/C20H21N3O4/c1-13-21-19(27-22-13)14-5-4-10-23(11-14)12-15-8-9-18(26-15)16-6-2-3-7-17(16)20(24)25/h2-3,6-9,14H,4-5,10-12H2,1H3,(H,24,25)/t14-/m1/s1. The molecule has 0 saturated carbocycles. The number of hydrogen-bond acceptors (Lipinski definition) is 6. The van der Waals surface area contributed by atoms with Gasteiger partial charge in [0.15, 0.2) is 5.82 Å². The van der Waals surface area contributed by atoms with Gasteiger partial charge in [0.05, 0.1) is 18.0 Å². The van der Waals surface area contributed by atoms with Crippen LogP contribution >= 0.6 is 0 Å². The van der Waals surface area contributed by atoms with Crippen molar-refractivity contribution in [2.24, 2.45) is 0 Å². The van der Waals surface area contributed by atoms with E-state index < -0.39 is 5.97 Å². The molecule has 0 aliphatic carbocycles. The van der Waals surface area contributed by atoms with Gasteiger partial charge in [-0.05, 0) is 44.5 Å². The molecular formula is C20H21N3O4. The Kier molecular flexibility index (Phi) is 4.77. The fourth-order valence-electron chi connectivity index (χ4n) is 3.59. The summed E-state index contributed by atoms with van der Waals surface area (Å²) < 4.78 is 11.3. The van der Waals surface area contributed by atoms with Crippen LogP contribution in [-0.4, -0.2) is 39.2 Å². The molecule has 7 nitrogen and oxygen atoms in total. The van der Waals surface area contributed by atoms with Gasteiger partial charge in [0, 0.05) is 12.1 Å². The minimum absolute atomic E-state index is 0.238. The first-order valence-corrected chi connectivity index (χ1v) is 9.04. The number of carboxylic acids is 1. The average molecular weight is 367 g/mol. The van der Waals surface area contributed by atoms with Crippen LogP contribution in [0.2, 0.25) is 0 Å². The van der Waals surface area contributed by atoms with Gasteiger partial charge < -0.3 is 14.0 Å². The van der Waals surface area contributed by atoms with Gasteiger partial charge in [0.1, 0.15) is 11.5 Å². The number of nitrogens with zero attached hydrogens (tertiary/aromatic N) is 3. The van der Waals surface area contributed by atoms with E-state index in [1.54, 1.807) is 18.2 Å². The van der Waals surface area contributed by atoms with E-state index in [1.807, 2.05) is 25.1 Å². The van der Waals surface area contributed by atoms with Gasteiger partial charge in [-0.1, -0.05) is 23.4 Å². The summed E-state index contributed by atoms with van der Waals surface area (Å²) >= 11 is 0. The summed E-state index contributed by atoms with van der Waals surface area (Å²) in [5, 5.41) is 13.3. The molecular weight excluding hydrogens is 346 g/mol. The predicted octanol–water partition coefficient (Wildman–Crippen LogP) is 3.72. The lowest BCUT2D eigenvalue weighted by atomic mass is 9.98. The molecule has 1 N–H and O–H groups in total. The van der Waals surface area contributed by atoms with Crippen molar-refractivity contribution in [2.45, 2.75) is 32.2 Å². The zero-order chi connectivity index (χ0) is 18.8. The summed E-state index contributed by atoms with van der Waals surface area (Å²) in [7, 11) is 0. The van der Waals surface area contributed by atoms with Crippen LogP contribution in [-0.2, 0) is 6.54 Å². The van der Waals surface area contributed by atoms with Crippen LogP contribution in [0.4, 0.5) is 0 Å². The van der Waals surface area contributed by atoms with Crippen LogP contribution in [0.5, 0.6) is 0 Å². The van der Waals surface area contributed by atoms with Crippen LogP contribution in [0.25, 0.3) is 11.3 Å². The second kappa shape index (κ2) is 7.36. The summed E-state index contributed by atoms with van der Waals surface area (Å²) in [6.07, 6.45) is 2.09. The molecule has 1 atom stereocenters. The second-order valence-electron chi connectivity index (χ2n) is 6.87. The maximum Gasteiger partial charge on any atom is 0.336 e. The van der Waals surface area contributed by atoms with Gasteiger partial charge in [-0.25, -0.2) is 4.79 Å². The number of carbonyl (C=O) groups is 1. The number of hydrogen-bond donors (Lipinski definition) is 1. The lowest BCUT2D eigenvalue weighted by molar-refractivity contribution is 0.0697. The number of carboxylic acid groups (broad SMARTS) is 1. The van der Waals surface area contributed by atoms with Crippen molar-refractivity contribution >= 4 is 5.97 Å². The number of furan rings is 1. The van der Waals surface area contributed by atoms with Crippen molar-refractivity contribution < 1.29 is 18.8 Å². The molecule has 0 spiro atoms. The first-order valence-electron chi connectivity index (χ1n) is 9.04. The molecule has 1 saturated heterocycles. The molecule has 0 bridgehead atoms. The Morgan fingerprint density at radius 3 is 2.93 bits per heavy atom. The van der Waals surface area contributed by atoms with Gasteiger partial charge in [-0.3, -0.25) is 4.90 Å². The van der Waals surface area contributed by atoms with Crippen LogP contribution < -0.4 is 0 Å². The number of rotatable bonds is 5. The number of aryl methyl sites for hydroxylation is 1. The summed E-state index contributed by atoms with van der Waals surface area (Å²) in [5.41, 5.74) is 0.831. The minimum atomic E-state index is -0.961. The molecule has 1 aromatic carbocycles. The molecule has 3 aromatic rings. The van der Waals surface area contributed by atoms with Crippen molar-refractivity contribution in [1.29, 1.82) is 0 Å². The highest BCUT2D eigenvalue weighted by Crippen LogP contribution is 2.29. The van der Waals surface area contributed by atoms with Crippen molar-refractivity contribution in [3.8, 4) is 11.3 Å². The Morgan fingerprint density at radius 2 is 2.15 bits per heavy atom. The molecule has 7 heteroatoms. The molecule has 1 fully saturated rings. The smallest absolute Gasteiger partial charge is 0.336 e. The first kappa shape index (κ1) is 17.5. The van der Waals surface area contributed by atoms with Crippen molar-refractivity contribution in [2.75, 3.05) is 13.1 Å². The van der Waals surface area contributed by atoms with E-state index in [1.165, 1.54) is 0 Å². The van der Waals surface area contributed by atoms with Crippen LogP contribution in [0.15, 0.2) is 45.3 Å². The van der Waals surface area contributed by atoms with Gasteiger partial charge in [-0.15, -0.1) is 0 Å². The highest BCUT2D eigenvalue weighted by molar-refractivity contribution is 5.95. The summed E-state index contributed by atoms with van der Waals surface area (Å²) in [5.74, 6) is 2.03. The quantitative estimate of drug-likeness (QED) is 0.734. The van der Waals surface area contributed by atoms with E-state index in [-0.39, 0.29) is 11.5 Å². The molecule has 0 unspecified atom stereocenters. The van der Waals surface area contributed by atoms with Crippen LogP contribution in [0, 0.1) is 6.92 Å². The van der Waals surface area contributed by atoms with Gasteiger partial charge in [-0.2, -0.15) is 4.98 Å². The van der Waals surface area contributed by atoms with E-state index in [0.717, 1.165) is 31.7 Å². The Morgan fingerprint density at radius 1 is 1.30 bits per heavy atom. The molecule has 2 aromatic heterocycles. The Labute approximate surface area is 156 Å². The molecule has 3 heterocycles. The van der Waals surface area contributed by atoms with Crippen molar-refractivity contribution in [3.05, 3.63) is 59.4 Å². The van der Waals surface area contributed by atoms with Crippen LogP contribution in [0.1, 0.15) is 46.6 Å². The Balaban J connectivity index is 1.47. The summed E-state index contributed by atoms with van der Waals surface area (Å²) in [6.45, 7) is 4.31. The molecule has 140 valence electrons. The summed E-state index contributed by atoms with van der Waals surface area (Å²) in [6, 6.07) is 10.6. The fourth-order valence-corrected chi connectivity index (χ4v) is 3.59. The number of benzene rings is 1. The minimum Gasteiger partial charge on any atom is -0.478 e. The molecule has 0 amide bonds. The third-order valence-electron chi connectivity index (χ3n) is 4.86. The molecule has 4 rings (SSSR count). The largest absolute Gasteiger partial charge is 0.478 e. The molecule has 1 aliphatic heterocycles. The Bertz CT molecular complexity index is 946. The van der Waals surface area contributed by atoms with E-state index >= 15 is 0 Å². The Hall–Kier alpha value is -2.93. The maximum absolute atomic E-state index is 11.4. The predicted molar refractivity (Wildman–Crippen MR) is 97.4 cm³/mol. The zero-order valence-corrected chi connectivity index (χ0v) is 15.1.